The second kappa shape index (κ2) is 6.97. The molecule has 0 saturated carbocycles. The fourth-order valence-electron chi connectivity index (χ4n) is 2.61. The van der Waals surface area contributed by atoms with Crippen molar-refractivity contribution in [3.63, 3.8) is 0 Å². The normalized spacial score (nSPS) is 12.2. The average Bonchev–Trinajstić information content (AvgIpc) is 2.49. The van der Waals surface area contributed by atoms with Gasteiger partial charge in [-0.2, -0.15) is 0 Å². The number of ether oxygens (including phenoxy) is 1. The molecular weight excluding hydrogens is 282 g/mol. The van der Waals surface area contributed by atoms with Crippen LogP contribution in [0, 0.1) is 13.8 Å². The summed E-state index contributed by atoms with van der Waals surface area (Å²) >= 11 is 6.23. The highest BCUT2D eigenvalue weighted by atomic mass is 35.5. The summed E-state index contributed by atoms with van der Waals surface area (Å²) in [5.41, 5.74) is 4.66. The monoisotopic (exact) mass is 303 g/mol. The van der Waals surface area contributed by atoms with Gasteiger partial charge in [-0.3, -0.25) is 0 Å². The van der Waals surface area contributed by atoms with Crippen LogP contribution in [0.15, 0.2) is 36.4 Å². The largest absolute Gasteiger partial charge is 0.496 e. The molecule has 2 rings (SSSR count). The molecule has 0 heterocycles. The van der Waals surface area contributed by atoms with Crippen LogP contribution in [0.2, 0.25) is 5.02 Å². The maximum atomic E-state index is 6.23. The van der Waals surface area contributed by atoms with E-state index in [1.165, 1.54) is 11.1 Å². The van der Waals surface area contributed by atoms with Gasteiger partial charge in [-0.25, -0.2) is 0 Å². The van der Waals surface area contributed by atoms with E-state index in [0.717, 1.165) is 28.4 Å². The lowest BCUT2D eigenvalue weighted by atomic mass is 9.93. The molecule has 2 nitrogen and oxygen atoms in total. The van der Waals surface area contributed by atoms with Gasteiger partial charge in [0.25, 0.3) is 0 Å². The van der Waals surface area contributed by atoms with Crippen LogP contribution in [0.25, 0.3) is 0 Å². The van der Waals surface area contributed by atoms with Crippen molar-refractivity contribution in [1.82, 2.24) is 5.32 Å². The standard InChI is InChI=1S/C18H22ClNO/c1-5-20-18(14-8-6-7-9-17(14)21-4)15-10-13(3)16(19)11-12(15)2/h6-11,18,20H,5H2,1-4H3. The summed E-state index contributed by atoms with van der Waals surface area (Å²) in [7, 11) is 1.71. The highest BCUT2D eigenvalue weighted by Gasteiger charge is 2.19. The molecule has 0 bridgehead atoms. The van der Waals surface area contributed by atoms with Crippen molar-refractivity contribution < 1.29 is 4.74 Å². The maximum Gasteiger partial charge on any atom is 0.123 e. The molecule has 0 aliphatic heterocycles. The van der Waals surface area contributed by atoms with Crippen molar-refractivity contribution in [2.45, 2.75) is 26.8 Å². The van der Waals surface area contributed by atoms with Crippen molar-refractivity contribution in [2.24, 2.45) is 0 Å². The first kappa shape index (κ1) is 15.9. The Morgan fingerprint density at radius 3 is 2.48 bits per heavy atom. The van der Waals surface area contributed by atoms with Crippen LogP contribution in [-0.4, -0.2) is 13.7 Å². The van der Waals surface area contributed by atoms with Crippen LogP contribution in [0.3, 0.4) is 0 Å². The van der Waals surface area contributed by atoms with Crippen molar-refractivity contribution in [3.05, 3.63) is 63.7 Å². The second-order valence-corrected chi connectivity index (χ2v) is 5.60. The van der Waals surface area contributed by atoms with E-state index in [1.807, 2.05) is 31.2 Å². The molecule has 0 radical (unpaired) electrons. The molecule has 112 valence electrons. The summed E-state index contributed by atoms with van der Waals surface area (Å²) in [4.78, 5) is 0. The van der Waals surface area contributed by atoms with Crippen LogP contribution in [0.1, 0.15) is 35.2 Å². The molecule has 0 aliphatic carbocycles. The number of hydrogen-bond donors (Lipinski definition) is 1. The molecule has 2 aromatic carbocycles. The molecule has 0 saturated heterocycles. The molecule has 3 heteroatoms. The predicted molar refractivity (Wildman–Crippen MR) is 89.4 cm³/mol. The molecule has 0 amide bonds. The van der Waals surface area contributed by atoms with E-state index < -0.39 is 0 Å². The first-order chi connectivity index (χ1) is 10.1. The molecule has 1 atom stereocenters. The molecule has 1 N–H and O–H groups in total. The van der Waals surface area contributed by atoms with E-state index in [-0.39, 0.29) is 6.04 Å². The Hall–Kier alpha value is -1.51. The van der Waals surface area contributed by atoms with Gasteiger partial charge in [-0.05, 0) is 49.2 Å². The lowest BCUT2D eigenvalue weighted by Gasteiger charge is -2.23. The van der Waals surface area contributed by atoms with Crippen LogP contribution in [0.4, 0.5) is 0 Å². The van der Waals surface area contributed by atoms with Gasteiger partial charge in [0.1, 0.15) is 5.75 Å². The lowest BCUT2D eigenvalue weighted by Crippen LogP contribution is -2.23. The number of halogens is 1. The van der Waals surface area contributed by atoms with Gasteiger partial charge < -0.3 is 10.1 Å². The highest BCUT2D eigenvalue weighted by molar-refractivity contribution is 6.31. The Kier molecular flexibility index (Phi) is 5.27. The number of rotatable bonds is 5. The smallest absolute Gasteiger partial charge is 0.123 e. The van der Waals surface area contributed by atoms with Crippen molar-refractivity contribution >= 4 is 11.6 Å². The van der Waals surface area contributed by atoms with Crippen molar-refractivity contribution in [2.75, 3.05) is 13.7 Å². The Balaban J connectivity index is 2.56. The SMILES string of the molecule is CCNC(c1cc(C)c(Cl)cc1C)c1ccccc1OC. The zero-order valence-corrected chi connectivity index (χ0v) is 13.8. The van der Waals surface area contributed by atoms with Gasteiger partial charge in [-0.15, -0.1) is 0 Å². The minimum Gasteiger partial charge on any atom is -0.496 e. The molecule has 1 unspecified atom stereocenters. The third-order valence-corrected chi connectivity index (χ3v) is 4.12. The average molecular weight is 304 g/mol. The summed E-state index contributed by atoms with van der Waals surface area (Å²) in [5, 5.41) is 4.37. The Morgan fingerprint density at radius 1 is 1.10 bits per heavy atom. The van der Waals surface area contributed by atoms with Crippen LogP contribution < -0.4 is 10.1 Å². The van der Waals surface area contributed by atoms with Gasteiger partial charge in [0.05, 0.1) is 13.2 Å². The summed E-state index contributed by atoms with van der Waals surface area (Å²) in [6.07, 6.45) is 0. The summed E-state index contributed by atoms with van der Waals surface area (Å²) in [6.45, 7) is 7.13. The van der Waals surface area contributed by atoms with E-state index >= 15 is 0 Å². The van der Waals surface area contributed by atoms with Crippen molar-refractivity contribution in [1.29, 1.82) is 0 Å². The first-order valence-corrected chi connectivity index (χ1v) is 7.59. The number of aryl methyl sites for hydroxylation is 2. The minimum absolute atomic E-state index is 0.0992. The van der Waals surface area contributed by atoms with Gasteiger partial charge in [0, 0.05) is 10.6 Å². The number of nitrogens with one attached hydrogen (secondary N) is 1. The molecular formula is C18H22ClNO. The quantitative estimate of drug-likeness (QED) is 0.867. The topological polar surface area (TPSA) is 21.3 Å². The lowest BCUT2D eigenvalue weighted by molar-refractivity contribution is 0.404. The van der Waals surface area contributed by atoms with E-state index in [0.29, 0.717) is 0 Å². The zero-order chi connectivity index (χ0) is 15.4. The van der Waals surface area contributed by atoms with Gasteiger partial charge in [-0.1, -0.05) is 42.8 Å². The van der Waals surface area contributed by atoms with E-state index in [4.69, 9.17) is 16.3 Å². The van der Waals surface area contributed by atoms with E-state index in [9.17, 15) is 0 Å². The minimum atomic E-state index is 0.0992. The van der Waals surface area contributed by atoms with Crippen LogP contribution in [0.5, 0.6) is 5.75 Å². The third kappa shape index (κ3) is 3.39. The molecule has 2 aromatic rings. The molecule has 21 heavy (non-hydrogen) atoms. The number of para-hydroxylation sites is 1. The van der Waals surface area contributed by atoms with E-state index in [2.05, 4.69) is 31.3 Å². The molecule has 0 spiro atoms. The van der Waals surface area contributed by atoms with E-state index in [1.54, 1.807) is 7.11 Å². The zero-order valence-electron chi connectivity index (χ0n) is 13.0. The molecule has 0 aromatic heterocycles. The van der Waals surface area contributed by atoms with Gasteiger partial charge >= 0.3 is 0 Å². The van der Waals surface area contributed by atoms with Gasteiger partial charge in [0.15, 0.2) is 0 Å². The summed E-state index contributed by atoms with van der Waals surface area (Å²) in [5.74, 6) is 0.899. The summed E-state index contributed by atoms with van der Waals surface area (Å²) < 4.78 is 5.52. The number of methoxy groups -OCH3 is 1. The fraction of sp³-hybridized carbons (Fsp3) is 0.333. The Bertz CT molecular complexity index is 625. The Morgan fingerprint density at radius 2 is 1.81 bits per heavy atom. The third-order valence-electron chi connectivity index (χ3n) is 3.72. The molecule has 0 aliphatic rings. The first-order valence-electron chi connectivity index (χ1n) is 7.21. The van der Waals surface area contributed by atoms with Gasteiger partial charge in [0.2, 0.25) is 0 Å². The maximum absolute atomic E-state index is 6.23. The fourth-order valence-corrected chi connectivity index (χ4v) is 2.83. The number of hydrogen-bond acceptors (Lipinski definition) is 2. The van der Waals surface area contributed by atoms with Crippen LogP contribution >= 0.6 is 11.6 Å². The Labute approximate surface area is 132 Å². The van der Waals surface area contributed by atoms with Crippen molar-refractivity contribution in [3.8, 4) is 5.75 Å². The highest BCUT2D eigenvalue weighted by Crippen LogP contribution is 2.33. The second-order valence-electron chi connectivity index (χ2n) is 5.19. The van der Waals surface area contributed by atoms with Crippen LogP contribution in [-0.2, 0) is 0 Å². The molecule has 0 fully saturated rings. The predicted octanol–water partition coefficient (Wildman–Crippen LogP) is 4.66. The number of benzene rings is 2. The summed E-state index contributed by atoms with van der Waals surface area (Å²) in [6, 6.07) is 12.4.